The second kappa shape index (κ2) is 6.61. The number of amides is 1. The predicted octanol–water partition coefficient (Wildman–Crippen LogP) is 3.15. The molecular formula is C21H20FN3O2. The van der Waals surface area contributed by atoms with E-state index in [-0.39, 0.29) is 23.2 Å². The summed E-state index contributed by atoms with van der Waals surface area (Å²) in [5, 5.41) is 3.51. The number of aromatic nitrogens is 2. The molecule has 4 rings (SSSR count). The number of fused-ring (bicyclic) bond motifs is 2. The third-order valence-electron chi connectivity index (χ3n) is 4.99. The van der Waals surface area contributed by atoms with E-state index in [0.717, 1.165) is 5.56 Å². The lowest BCUT2D eigenvalue weighted by molar-refractivity contribution is -0.128. The van der Waals surface area contributed by atoms with Crippen molar-refractivity contribution in [2.45, 2.75) is 32.4 Å². The highest BCUT2D eigenvalue weighted by atomic mass is 19.1. The maximum atomic E-state index is 13.2. The number of benzene rings is 2. The first-order valence-corrected chi connectivity index (χ1v) is 9.01. The number of hydrogen-bond acceptors (Lipinski definition) is 3. The van der Waals surface area contributed by atoms with Crippen molar-refractivity contribution >= 4 is 16.8 Å². The average Bonchev–Trinajstić information content (AvgIpc) is 2.64. The van der Waals surface area contributed by atoms with Crippen LogP contribution < -0.4 is 10.9 Å². The summed E-state index contributed by atoms with van der Waals surface area (Å²) in [7, 11) is 0. The minimum atomic E-state index is -0.603. The fourth-order valence-electron chi connectivity index (χ4n) is 3.72. The molecule has 1 N–H and O–H groups in total. The molecule has 1 amide bonds. The van der Waals surface area contributed by atoms with Crippen molar-refractivity contribution in [3.63, 3.8) is 0 Å². The molecule has 1 aliphatic heterocycles. The molecule has 0 aliphatic carbocycles. The van der Waals surface area contributed by atoms with Gasteiger partial charge >= 0.3 is 0 Å². The van der Waals surface area contributed by atoms with Gasteiger partial charge in [0.2, 0.25) is 5.91 Å². The molecular weight excluding hydrogens is 345 g/mol. The first-order chi connectivity index (χ1) is 13.0. The molecule has 3 aromatic rings. The van der Waals surface area contributed by atoms with E-state index in [4.69, 9.17) is 4.98 Å². The molecule has 1 aromatic heterocycles. The predicted molar refractivity (Wildman–Crippen MR) is 101 cm³/mol. The maximum Gasteiger partial charge on any atom is 0.262 e. The summed E-state index contributed by atoms with van der Waals surface area (Å²) in [6.45, 7) is 3.83. The molecule has 0 fully saturated rings. The van der Waals surface area contributed by atoms with Crippen LogP contribution in [0.4, 0.5) is 4.39 Å². The molecule has 0 unspecified atom stereocenters. The molecule has 0 bridgehead atoms. The van der Waals surface area contributed by atoms with Gasteiger partial charge in [-0.25, -0.2) is 9.37 Å². The Morgan fingerprint density at radius 1 is 1.11 bits per heavy atom. The molecule has 0 radical (unpaired) electrons. The van der Waals surface area contributed by atoms with Gasteiger partial charge in [0.25, 0.3) is 5.56 Å². The molecule has 2 aromatic carbocycles. The lowest BCUT2D eigenvalue weighted by Gasteiger charge is -2.34. The van der Waals surface area contributed by atoms with Gasteiger partial charge in [0.05, 0.1) is 16.9 Å². The summed E-state index contributed by atoms with van der Waals surface area (Å²) in [6, 6.07) is 12.2. The van der Waals surface area contributed by atoms with Crippen molar-refractivity contribution in [1.29, 1.82) is 0 Å². The Morgan fingerprint density at radius 2 is 1.81 bits per heavy atom. The number of hydrogen-bond donors (Lipinski definition) is 1. The summed E-state index contributed by atoms with van der Waals surface area (Å²) in [5.74, 6) is -0.0201. The monoisotopic (exact) mass is 365 g/mol. The van der Waals surface area contributed by atoms with Gasteiger partial charge in [0, 0.05) is 0 Å². The summed E-state index contributed by atoms with van der Waals surface area (Å²) in [6.07, 6.45) is 0.432. The Morgan fingerprint density at radius 3 is 2.52 bits per heavy atom. The number of carbonyl (C=O) groups excluding carboxylic acids is 1. The fourth-order valence-corrected chi connectivity index (χ4v) is 3.72. The van der Waals surface area contributed by atoms with Crippen LogP contribution in [0.5, 0.6) is 0 Å². The molecule has 27 heavy (non-hydrogen) atoms. The highest BCUT2D eigenvalue weighted by molar-refractivity contribution is 5.84. The number of halogens is 1. The normalized spacial score (nSPS) is 19.2. The van der Waals surface area contributed by atoms with Gasteiger partial charge in [-0.3, -0.25) is 14.2 Å². The van der Waals surface area contributed by atoms with E-state index in [1.165, 1.54) is 12.1 Å². The van der Waals surface area contributed by atoms with E-state index in [1.54, 1.807) is 34.9 Å². The molecule has 1 aliphatic rings. The van der Waals surface area contributed by atoms with E-state index >= 15 is 0 Å². The fraction of sp³-hybridized carbons (Fsp3) is 0.286. The largest absolute Gasteiger partial charge is 0.344 e. The molecule has 5 nitrogen and oxygen atoms in total. The van der Waals surface area contributed by atoms with Gasteiger partial charge in [-0.2, -0.15) is 0 Å². The molecule has 0 saturated carbocycles. The molecule has 138 valence electrons. The van der Waals surface area contributed by atoms with Crippen LogP contribution in [0.2, 0.25) is 0 Å². The van der Waals surface area contributed by atoms with Crippen LogP contribution in [0.15, 0.2) is 53.3 Å². The van der Waals surface area contributed by atoms with Gasteiger partial charge in [0.1, 0.15) is 17.7 Å². The maximum absolute atomic E-state index is 13.2. The van der Waals surface area contributed by atoms with E-state index < -0.39 is 12.1 Å². The SMILES string of the molecule is CC(C)[C@H]1C(=O)N[C@H](Cc2ccc(F)cc2)c2nc3ccccc3c(=O)n21. The molecule has 2 atom stereocenters. The van der Waals surface area contributed by atoms with Gasteiger partial charge in [-0.1, -0.05) is 38.1 Å². The summed E-state index contributed by atoms with van der Waals surface area (Å²) < 4.78 is 14.7. The standard InChI is InChI=1S/C21H20FN3O2/c1-12(2)18-20(26)24-17(11-13-7-9-14(22)10-8-13)19-23-16-6-4-3-5-15(16)21(27)25(18)19/h3-10,12,17-18H,11H2,1-2H3,(H,24,26)/t17-,18+/m1/s1. The van der Waals surface area contributed by atoms with Crippen molar-refractivity contribution in [2.24, 2.45) is 5.92 Å². The van der Waals surface area contributed by atoms with Crippen LogP contribution in [0.3, 0.4) is 0 Å². The van der Waals surface area contributed by atoms with Crippen molar-refractivity contribution < 1.29 is 9.18 Å². The van der Waals surface area contributed by atoms with Crippen molar-refractivity contribution in [3.8, 4) is 0 Å². The topological polar surface area (TPSA) is 64.0 Å². The van der Waals surface area contributed by atoms with Crippen LogP contribution in [-0.4, -0.2) is 15.5 Å². The lowest BCUT2D eigenvalue weighted by Crippen LogP contribution is -2.50. The zero-order valence-electron chi connectivity index (χ0n) is 15.1. The number of nitrogens with zero attached hydrogens (tertiary/aromatic N) is 2. The smallest absolute Gasteiger partial charge is 0.262 e. The highest BCUT2D eigenvalue weighted by Gasteiger charge is 2.37. The van der Waals surface area contributed by atoms with E-state index in [2.05, 4.69) is 5.32 Å². The molecule has 2 heterocycles. The van der Waals surface area contributed by atoms with Crippen LogP contribution >= 0.6 is 0 Å². The number of rotatable bonds is 3. The number of nitrogens with one attached hydrogen (secondary N) is 1. The van der Waals surface area contributed by atoms with Gasteiger partial charge in [-0.15, -0.1) is 0 Å². The van der Waals surface area contributed by atoms with Crippen LogP contribution in [0.1, 0.15) is 37.3 Å². The van der Waals surface area contributed by atoms with Crippen molar-refractivity contribution in [3.05, 3.63) is 76.1 Å². The summed E-state index contributed by atoms with van der Waals surface area (Å²) in [5.41, 5.74) is 1.27. The molecule has 0 spiro atoms. The Hall–Kier alpha value is -3.02. The van der Waals surface area contributed by atoms with Gasteiger partial charge in [-0.05, 0) is 42.2 Å². The number of para-hydroxylation sites is 1. The zero-order chi connectivity index (χ0) is 19.1. The van der Waals surface area contributed by atoms with Crippen molar-refractivity contribution in [2.75, 3.05) is 0 Å². The lowest BCUT2D eigenvalue weighted by atomic mass is 9.96. The van der Waals surface area contributed by atoms with E-state index in [0.29, 0.717) is 23.1 Å². The molecule has 0 saturated heterocycles. The first kappa shape index (κ1) is 17.4. The minimum absolute atomic E-state index is 0.0591. The quantitative estimate of drug-likeness (QED) is 0.776. The van der Waals surface area contributed by atoms with Gasteiger partial charge < -0.3 is 5.32 Å². The van der Waals surface area contributed by atoms with E-state index in [1.807, 2.05) is 19.9 Å². The Balaban J connectivity index is 1.89. The third kappa shape index (κ3) is 3.01. The Labute approximate surface area is 155 Å². The summed E-state index contributed by atoms with van der Waals surface area (Å²) in [4.78, 5) is 30.7. The Bertz CT molecular complexity index is 1070. The minimum Gasteiger partial charge on any atom is -0.344 e. The highest BCUT2D eigenvalue weighted by Crippen LogP contribution is 2.29. The average molecular weight is 365 g/mol. The van der Waals surface area contributed by atoms with Crippen LogP contribution in [0.25, 0.3) is 10.9 Å². The van der Waals surface area contributed by atoms with Gasteiger partial charge in [0.15, 0.2) is 0 Å². The van der Waals surface area contributed by atoms with Crippen LogP contribution in [-0.2, 0) is 11.2 Å². The molecule has 6 heteroatoms. The summed E-state index contributed by atoms with van der Waals surface area (Å²) >= 11 is 0. The zero-order valence-corrected chi connectivity index (χ0v) is 15.1. The second-order valence-corrected chi connectivity index (χ2v) is 7.24. The Kier molecular flexibility index (Phi) is 4.26. The number of carbonyl (C=O) groups is 1. The second-order valence-electron chi connectivity index (χ2n) is 7.24. The first-order valence-electron chi connectivity index (χ1n) is 9.01. The third-order valence-corrected chi connectivity index (χ3v) is 4.99. The van der Waals surface area contributed by atoms with Crippen LogP contribution in [0, 0.1) is 11.7 Å². The van der Waals surface area contributed by atoms with E-state index in [9.17, 15) is 14.0 Å². The van der Waals surface area contributed by atoms with Crippen molar-refractivity contribution in [1.82, 2.24) is 14.9 Å².